The lowest BCUT2D eigenvalue weighted by molar-refractivity contribution is 0.631. The molecule has 4 N–H and O–H groups in total. The second-order valence-corrected chi connectivity index (χ2v) is 5.02. The van der Waals surface area contributed by atoms with Crippen molar-refractivity contribution in [3.63, 3.8) is 0 Å². The molecule has 0 unspecified atom stereocenters. The van der Waals surface area contributed by atoms with Crippen LogP contribution >= 0.6 is 23.7 Å². The Morgan fingerprint density at radius 2 is 2.09 bits per heavy atom. The maximum Gasteiger partial charge on any atom is 0.211 e. The Morgan fingerprint density at radius 1 is 1.32 bits per heavy atom. The van der Waals surface area contributed by atoms with E-state index in [1.54, 1.807) is 22.6 Å². The molecule has 0 fully saturated rings. The SMILES string of the molecule is Cl.NC(N)=N/N=C\c1c(-c2ccccc2F)nc2sccn12. The molecule has 0 aliphatic carbocycles. The Kier molecular flexibility index (Phi) is 4.74. The van der Waals surface area contributed by atoms with Crippen molar-refractivity contribution in [3.05, 3.63) is 47.4 Å². The average Bonchev–Trinajstić information content (AvgIpc) is 3.01. The van der Waals surface area contributed by atoms with Crippen molar-refractivity contribution >= 4 is 40.9 Å². The molecular weight excluding hydrogens is 327 g/mol. The molecule has 22 heavy (non-hydrogen) atoms. The first-order valence-electron chi connectivity index (χ1n) is 5.99. The van der Waals surface area contributed by atoms with Gasteiger partial charge in [-0.15, -0.1) is 28.8 Å². The molecule has 0 saturated heterocycles. The number of hydrogen-bond donors (Lipinski definition) is 2. The normalized spacial score (nSPS) is 10.8. The lowest BCUT2D eigenvalue weighted by atomic mass is 10.1. The van der Waals surface area contributed by atoms with Crippen molar-refractivity contribution in [2.75, 3.05) is 0 Å². The number of nitrogens with two attached hydrogens (primary N) is 2. The van der Waals surface area contributed by atoms with Crippen molar-refractivity contribution in [1.29, 1.82) is 0 Å². The van der Waals surface area contributed by atoms with Gasteiger partial charge in [0.15, 0.2) is 4.96 Å². The molecule has 0 amide bonds. The molecule has 6 nitrogen and oxygen atoms in total. The summed E-state index contributed by atoms with van der Waals surface area (Å²) in [7, 11) is 0. The highest BCUT2D eigenvalue weighted by Gasteiger charge is 2.16. The number of aromatic nitrogens is 2. The van der Waals surface area contributed by atoms with E-state index >= 15 is 0 Å². The van der Waals surface area contributed by atoms with Gasteiger partial charge in [-0.2, -0.15) is 5.10 Å². The first-order chi connectivity index (χ1) is 10.2. The zero-order valence-corrected chi connectivity index (χ0v) is 12.8. The molecule has 9 heteroatoms. The van der Waals surface area contributed by atoms with Crippen LogP contribution in [0.25, 0.3) is 16.2 Å². The number of guanidine groups is 1. The fraction of sp³-hybridized carbons (Fsp3) is 0. The topological polar surface area (TPSA) is 94.1 Å². The monoisotopic (exact) mass is 338 g/mol. The molecule has 0 atom stereocenters. The lowest BCUT2D eigenvalue weighted by Gasteiger charge is -2.00. The summed E-state index contributed by atoms with van der Waals surface area (Å²) in [4.78, 5) is 5.18. The number of fused-ring (bicyclic) bond motifs is 1. The molecule has 3 aromatic rings. The summed E-state index contributed by atoms with van der Waals surface area (Å²) in [6, 6.07) is 6.44. The summed E-state index contributed by atoms with van der Waals surface area (Å²) >= 11 is 1.45. The van der Waals surface area contributed by atoms with Crippen molar-refractivity contribution in [2.24, 2.45) is 21.7 Å². The van der Waals surface area contributed by atoms with Crippen molar-refractivity contribution < 1.29 is 4.39 Å². The van der Waals surface area contributed by atoms with Crippen LogP contribution in [0.3, 0.4) is 0 Å². The largest absolute Gasteiger partial charge is 0.369 e. The Bertz CT molecular complexity index is 849. The van der Waals surface area contributed by atoms with Crippen LogP contribution in [-0.2, 0) is 0 Å². The van der Waals surface area contributed by atoms with E-state index in [0.717, 1.165) is 4.96 Å². The van der Waals surface area contributed by atoms with Crippen LogP contribution in [0, 0.1) is 5.82 Å². The van der Waals surface area contributed by atoms with Crippen LogP contribution in [-0.4, -0.2) is 21.6 Å². The van der Waals surface area contributed by atoms with Crippen LogP contribution < -0.4 is 11.5 Å². The van der Waals surface area contributed by atoms with E-state index in [9.17, 15) is 4.39 Å². The molecule has 1 aromatic carbocycles. The molecule has 0 radical (unpaired) electrons. The van der Waals surface area contributed by atoms with Crippen LogP contribution in [0.4, 0.5) is 4.39 Å². The predicted octanol–water partition coefficient (Wildman–Crippen LogP) is 2.23. The van der Waals surface area contributed by atoms with Crippen LogP contribution in [0.1, 0.15) is 5.69 Å². The Balaban J connectivity index is 0.00000176. The molecule has 0 aliphatic heterocycles. The van der Waals surface area contributed by atoms with E-state index in [4.69, 9.17) is 11.5 Å². The average molecular weight is 339 g/mol. The summed E-state index contributed by atoms with van der Waals surface area (Å²) in [5.74, 6) is -0.496. The third-order valence-corrected chi connectivity index (χ3v) is 3.54. The molecule has 2 aromatic heterocycles. The summed E-state index contributed by atoms with van der Waals surface area (Å²) in [5.41, 5.74) is 12.0. The van der Waals surface area contributed by atoms with E-state index in [1.165, 1.54) is 23.6 Å². The summed E-state index contributed by atoms with van der Waals surface area (Å²) in [5, 5.41) is 9.23. The summed E-state index contributed by atoms with van der Waals surface area (Å²) in [6.45, 7) is 0. The lowest BCUT2D eigenvalue weighted by Crippen LogP contribution is -2.21. The Morgan fingerprint density at radius 3 is 2.82 bits per heavy atom. The first-order valence-corrected chi connectivity index (χ1v) is 6.87. The van der Waals surface area contributed by atoms with Crippen molar-refractivity contribution in [2.45, 2.75) is 0 Å². The second kappa shape index (κ2) is 6.54. The van der Waals surface area contributed by atoms with E-state index in [-0.39, 0.29) is 24.2 Å². The van der Waals surface area contributed by atoms with Crippen LogP contribution in [0.5, 0.6) is 0 Å². The Labute approximate surface area is 135 Å². The van der Waals surface area contributed by atoms with Gasteiger partial charge in [0.25, 0.3) is 0 Å². The zero-order valence-electron chi connectivity index (χ0n) is 11.2. The fourth-order valence-electron chi connectivity index (χ4n) is 1.93. The van der Waals surface area contributed by atoms with Gasteiger partial charge in [-0.05, 0) is 12.1 Å². The number of nitrogens with zero attached hydrogens (tertiary/aromatic N) is 4. The van der Waals surface area contributed by atoms with Gasteiger partial charge in [0, 0.05) is 17.1 Å². The highest BCUT2D eigenvalue weighted by atomic mass is 35.5. The molecular formula is C13H12ClFN6S. The van der Waals surface area contributed by atoms with Crippen LogP contribution in [0.15, 0.2) is 46.0 Å². The zero-order chi connectivity index (χ0) is 14.8. The molecule has 0 spiro atoms. The van der Waals surface area contributed by atoms with E-state index in [2.05, 4.69) is 15.2 Å². The molecule has 0 saturated carbocycles. The molecule has 0 bridgehead atoms. The highest BCUT2D eigenvalue weighted by molar-refractivity contribution is 7.15. The maximum absolute atomic E-state index is 14.0. The second-order valence-electron chi connectivity index (χ2n) is 4.15. The van der Waals surface area contributed by atoms with E-state index in [0.29, 0.717) is 17.0 Å². The minimum Gasteiger partial charge on any atom is -0.369 e. The standard InChI is InChI=1S/C13H11FN6S.ClH/c14-9-4-2-1-3-8(9)11-10(7-17-19-12(15)16)20-5-6-21-13(20)18-11;/h1-7H,(H4,15,16,19);1H/b17-7-;. The Hall–Kier alpha value is -2.45. The minimum atomic E-state index is -0.347. The van der Waals surface area contributed by atoms with Gasteiger partial charge in [0.2, 0.25) is 5.96 Å². The fourth-order valence-corrected chi connectivity index (χ4v) is 2.65. The number of hydrogen-bond acceptors (Lipinski definition) is 4. The van der Waals surface area contributed by atoms with Crippen LogP contribution in [0.2, 0.25) is 0 Å². The summed E-state index contributed by atoms with van der Waals surface area (Å²) < 4.78 is 15.8. The molecule has 3 rings (SSSR count). The van der Waals surface area contributed by atoms with Gasteiger partial charge < -0.3 is 11.5 Å². The van der Waals surface area contributed by atoms with Gasteiger partial charge in [-0.25, -0.2) is 9.37 Å². The number of rotatable bonds is 3. The van der Waals surface area contributed by atoms with Gasteiger partial charge in [-0.1, -0.05) is 12.1 Å². The quantitative estimate of drug-likeness (QED) is 0.435. The number of imidazole rings is 1. The van der Waals surface area contributed by atoms with Gasteiger partial charge in [0.1, 0.15) is 11.5 Å². The first kappa shape index (κ1) is 15.9. The van der Waals surface area contributed by atoms with Gasteiger partial charge in [-0.3, -0.25) is 4.40 Å². The summed E-state index contributed by atoms with van der Waals surface area (Å²) in [6.07, 6.45) is 3.28. The molecule has 2 heterocycles. The minimum absolute atomic E-state index is 0. The maximum atomic E-state index is 14.0. The molecule has 0 aliphatic rings. The molecule has 114 valence electrons. The van der Waals surface area contributed by atoms with Gasteiger partial charge >= 0.3 is 0 Å². The number of benzene rings is 1. The number of halogens is 2. The highest BCUT2D eigenvalue weighted by Crippen LogP contribution is 2.27. The third-order valence-electron chi connectivity index (χ3n) is 2.78. The van der Waals surface area contributed by atoms with Crippen molar-refractivity contribution in [3.8, 4) is 11.3 Å². The predicted molar refractivity (Wildman–Crippen MR) is 89.1 cm³/mol. The van der Waals surface area contributed by atoms with E-state index < -0.39 is 0 Å². The van der Waals surface area contributed by atoms with E-state index in [1.807, 2.05) is 11.6 Å². The van der Waals surface area contributed by atoms with Crippen molar-refractivity contribution in [1.82, 2.24) is 9.38 Å². The van der Waals surface area contributed by atoms with Gasteiger partial charge in [0.05, 0.1) is 11.9 Å². The number of thiazole rings is 1. The smallest absolute Gasteiger partial charge is 0.211 e. The third kappa shape index (κ3) is 2.92.